The minimum absolute atomic E-state index is 0.285. The van der Waals surface area contributed by atoms with Gasteiger partial charge in [0.25, 0.3) is 0 Å². The molecule has 0 saturated carbocycles. The Morgan fingerprint density at radius 2 is 1.58 bits per heavy atom. The molecule has 31 heavy (non-hydrogen) atoms. The molecule has 0 saturated heterocycles. The van der Waals surface area contributed by atoms with E-state index in [1.54, 1.807) is 18.2 Å². The van der Waals surface area contributed by atoms with Crippen molar-refractivity contribution in [2.24, 2.45) is 15.0 Å². The summed E-state index contributed by atoms with van der Waals surface area (Å²) in [5, 5.41) is 10.3. The van der Waals surface area contributed by atoms with Crippen LogP contribution >= 0.6 is 0 Å². The van der Waals surface area contributed by atoms with Crippen molar-refractivity contribution >= 4 is 5.71 Å². The molecule has 2 atom stereocenters. The molecule has 2 unspecified atom stereocenters. The second kappa shape index (κ2) is 7.06. The summed E-state index contributed by atoms with van der Waals surface area (Å²) in [7, 11) is 0. The quantitative estimate of drug-likeness (QED) is 0.587. The topological polar surface area (TPSA) is 70.1 Å². The van der Waals surface area contributed by atoms with Crippen molar-refractivity contribution in [1.82, 2.24) is 0 Å². The summed E-state index contributed by atoms with van der Waals surface area (Å²) >= 11 is 0. The van der Waals surface area contributed by atoms with E-state index in [9.17, 15) is 13.2 Å². The fourth-order valence-electron chi connectivity index (χ4n) is 3.85. The van der Waals surface area contributed by atoms with Crippen LogP contribution in [0.15, 0.2) is 81.7 Å². The maximum Gasteiger partial charge on any atom is 0.416 e. The number of hydrogen-bond acceptors (Lipinski definition) is 5. The van der Waals surface area contributed by atoms with Crippen LogP contribution in [0.2, 0.25) is 0 Å². The van der Waals surface area contributed by atoms with Gasteiger partial charge in [-0.2, -0.15) is 23.4 Å². The zero-order valence-corrected chi connectivity index (χ0v) is 15.8. The smallest absolute Gasteiger partial charge is 0.416 e. The minimum Gasteiger partial charge on any atom is -0.457 e. The molecular formula is C23H13F3N4O. The van der Waals surface area contributed by atoms with Gasteiger partial charge in [0, 0.05) is 11.6 Å². The summed E-state index contributed by atoms with van der Waals surface area (Å²) in [5.74, 6) is 0.723. The van der Waals surface area contributed by atoms with E-state index < -0.39 is 11.7 Å². The minimum atomic E-state index is -4.40. The van der Waals surface area contributed by atoms with E-state index in [0.717, 1.165) is 23.3 Å². The second-order valence-corrected chi connectivity index (χ2v) is 7.11. The van der Waals surface area contributed by atoms with Crippen LogP contribution in [0.4, 0.5) is 13.2 Å². The molecule has 0 radical (unpaired) electrons. The molecule has 0 spiro atoms. The van der Waals surface area contributed by atoms with Crippen LogP contribution in [-0.2, 0) is 6.18 Å². The largest absolute Gasteiger partial charge is 0.457 e. The van der Waals surface area contributed by atoms with Gasteiger partial charge in [0.15, 0.2) is 0 Å². The Labute approximate surface area is 174 Å². The average Bonchev–Trinajstić information content (AvgIpc) is 3.05. The third-order valence-corrected chi connectivity index (χ3v) is 5.23. The van der Waals surface area contributed by atoms with Gasteiger partial charge in [0.05, 0.1) is 22.0 Å². The van der Waals surface area contributed by atoms with Gasteiger partial charge in [-0.15, -0.1) is 0 Å². The molecule has 0 bridgehead atoms. The highest BCUT2D eigenvalue weighted by molar-refractivity contribution is 6.10. The number of aliphatic imine (C=N–C) groups is 1. The van der Waals surface area contributed by atoms with Crippen LogP contribution in [0, 0.1) is 11.5 Å². The van der Waals surface area contributed by atoms with Crippen molar-refractivity contribution < 1.29 is 17.9 Å². The van der Waals surface area contributed by atoms with Crippen molar-refractivity contribution in [1.29, 1.82) is 5.26 Å². The molecule has 8 heteroatoms. The maximum absolute atomic E-state index is 12.7. The fraction of sp³-hybridized carbons (Fsp3) is 0.130. The van der Waals surface area contributed by atoms with Crippen LogP contribution in [-0.4, -0.2) is 11.8 Å². The molecule has 0 N–H and O–H groups in total. The Morgan fingerprint density at radius 1 is 0.871 bits per heavy atom. The molecule has 5 nitrogen and oxygen atoms in total. The Morgan fingerprint density at radius 3 is 2.32 bits per heavy atom. The van der Waals surface area contributed by atoms with Crippen LogP contribution in [0.1, 0.15) is 22.7 Å². The van der Waals surface area contributed by atoms with Gasteiger partial charge >= 0.3 is 6.18 Å². The summed E-state index contributed by atoms with van der Waals surface area (Å²) in [6.45, 7) is 0. The predicted molar refractivity (Wildman–Crippen MR) is 105 cm³/mol. The summed E-state index contributed by atoms with van der Waals surface area (Å²) in [4.78, 5) is 13.6. The zero-order chi connectivity index (χ0) is 21.6. The molecule has 0 aromatic heterocycles. The van der Waals surface area contributed by atoms with Crippen LogP contribution in [0.5, 0.6) is 11.5 Å². The number of halogens is 3. The third-order valence-electron chi connectivity index (χ3n) is 5.23. The Hall–Kier alpha value is -3.99. The standard InChI is InChI=1S/C23H13F3N4O/c24-23(25,26)13-5-7-14(8-6-13)31-15-9-10-18-19(11-15)30-21-17-4-2-1-3-16(17)20(28-12-27)22(21)29-18/h1-11,21-22H. The first kappa shape index (κ1) is 19.0. The highest BCUT2D eigenvalue weighted by Crippen LogP contribution is 2.37. The van der Waals surface area contributed by atoms with Gasteiger partial charge in [0.1, 0.15) is 23.6 Å². The number of ether oxygens (including phenoxy) is 1. The van der Waals surface area contributed by atoms with Crippen LogP contribution in [0.25, 0.3) is 0 Å². The van der Waals surface area contributed by atoms with Gasteiger partial charge in [-0.05, 0) is 42.0 Å². The highest BCUT2D eigenvalue weighted by Gasteiger charge is 2.39. The van der Waals surface area contributed by atoms with Crippen molar-refractivity contribution in [3.8, 4) is 17.7 Å². The molecule has 1 aliphatic heterocycles. The van der Waals surface area contributed by atoms with Gasteiger partial charge in [-0.1, -0.05) is 24.3 Å². The number of benzene rings is 3. The Bertz CT molecular complexity index is 1370. The summed E-state index contributed by atoms with van der Waals surface area (Å²) in [6, 6.07) is 16.6. The molecule has 1 aliphatic carbocycles. The Kier molecular flexibility index (Phi) is 4.33. The molecule has 0 fully saturated rings. The highest BCUT2D eigenvalue weighted by atomic mass is 19.4. The maximum atomic E-state index is 12.7. The first-order valence-corrected chi connectivity index (χ1v) is 9.41. The number of hydrogen-bond donors (Lipinski definition) is 0. The van der Waals surface area contributed by atoms with E-state index in [0.29, 0.717) is 22.2 Å². The number of rotatable bonds is 2. The van der Waals surface area contributed by atoms with Gasteiger partial charge in [0.2, 0.25) is 6.19 Å². The lowest BCUT2D eigenvalue weighted by Gasteiger charge is -2.16. The van der Waals surface area contributed by atoms with E-state index in [1.807, 2.05) is 30.5 Å². The molecular weight excluding hydrogens is 405 g/mol. The Balaban J connectivity index is 1.51. The average molecular weight is 418 g/mol. The van der Waals surface area contributed by atoms with E-state index in [4.69, 9.17) is 20.0 Å². The van der Waals surface area contributed by atoms with E-state index in [1.165, 1.54) is 12.1 Å². The molecule has 3 aromatic rings. The third kappa shape index (κ3) is 3.34. The molecule has 0 amide bonds. The molecule has 152 valence electrons. The lowest BCUT2D eigenvalue weighted by molar-refractivity contribution is -0.137. The van der Waals surface area contributed by atoms with Gasteiger partial charge in [-0.3, -0.25) is 9.98 Å². The summed E-state index contributed by atoms with van der Waals surface area (Å²) < 4.78 is 43.9. The summed E-state index contributed by atoms with van der Waals surface area (Å²) in [6.07, 6.45) is -2.54. The number of nitrogens with zero attached hydrogens (tertiary/aromatic N) is 4. The number of fused-ring (bicyclic) bond motifs is 4. The van der Waals surface area contributed by atoms with Crippen molar-refractivity contribution in [2.45, 2.75) is 18.3 Å². The first-order valence-electron chi connectivity index (χ1n) is 9.41. The second-order valence-electron chi connectivity index (χ2n) is 7.11. The van der Waals surface area contributed by atoms with Crippen molar-refractivity contribution in [3.63, 3.8) is 0 Å². The number of alkyl halides is 3. The first-order chi connectivity index (χ1) is 14.9. The fourth-order valence-corrected chi connectivity index (χ4v) is 3.85. The number of nitriles is 1. The lowest BCUT2D eigenvalue weighted by Crippen LogP contribution is -2.36. The molecule has 5 rings (SSSR count). The monoisotopic (exact) mass is 418 g/mol. The van der Waals surface area contributed by atoms with E-state index >= 15 is 0 Å². The van der Waals surface area contributed by atoms with E-state index in [-0.39, 0.29) is 17.8 Å². The molecule has 2 aliphatic rings. The van der Waals surface area contributed by atoms with E-state index in [2.05, 4.69) is 4.99 Å². The molecule has 3 aromatic carbocycles. The van der Waals surface area contributed by atoms with Crippen LogP contribution in [0.3, 0.4) is 0 Å². The predicted octanol–water partition coefficient (Wildman–Crippen LogP) is 4.14. The zero-order valence-electron chi connectivity index (χ0n) is 15.8. The van der Waals surface area contributed by atoms with Gasteiger partial charge < -0.3 is 4.74 Å². The normalized spacial score (nSPS) is 20.0. The van der Waals surface area contributed by atoms with Crippen LogP contribution < -0.4 is 15.5 Å². The SMILES string of the molecule is N#CN=C1c2ccccc2C2N=c3cc(Oc4ccc(C(F)(F)F)cc4)ccc3=NC12. The lowest BCUT2D eigenvalue weighted by atomic mass is 10.1. The van der Waals surface area contributed by atoms with Gasteiger partial charge in [-0.25, -0.2) is 0 Å². The summed E-state index contributed by atoms with van der Waals surface area (Å²) in [5.41, 5.74) is 1.67. The van der Waals surface area contributed by atoms with Crippen molar-refractivity contribution in [3.05, 3.63) is 94.1 Å². The van der Waals surface area contributed by atoms with Crippen molar-refractivity contribution in [2.75, 3.05) is 0 Å². The molecule has 1 heterocycles.